The number of hydrogen-bond acceptors (Lipinski definition) is 4. The molecule has 3 nitrogen and oxygen atoms in total. The van der Waals surface area contributed by atoms with Crippen molar-refractivity contribution >= 4 is 36.0 Å². The number of thioether (sulfide) groups is 1. The molecule has 110 valence electrons. The first-order valence-electron chi connectivity index (χ1n) is 7.00. The molecule has 5 heteroatoms. The Morgan fingerprint density at radius 3 is 2.85 bits per heavy atom. The van der Waals surface area contributed by atoms with E-state index in [2.05, 4.69) is 35.8 Å². The second-order valence-corrected chi connectivity index (χ2v) is 6.67. The SMILES string of the molecule is Cc1c(CN2CCSCC2)cccc1NC(=O)CCS. The molecular formula is C15H22N2OS2. The Labute approximate surface area is 130 Å². The Morgan fingerprint density at radius 1 is 1.40 bits per heavy atom. The molecule has 1 aliphatic heterocycles. The lowest BCUT2D eigenvalue weighted by atomic mass is 10.1. The minimum absolute atomic E-state index is 0.0367. The highest BCUT2D eigenvalue weighted by atomic mass is 32.2. The highest BCUT2D eigenvalue weighted by molar-refractivity contribution is 7.99. The van der Waals surface area contributed by atoms with E-state index in [1.165, 1.54) is 22.6 Å². The Hall–Kier alpha value is -0.650. The summed E-state index contributed by atoms with van der Waals surface area (Å²) in [6, 6.07) is 6.16. The summed E-state index contributed by atoms with van der Waals surface area (Å²) in [5, 5.41) is 2.98. The molecule has 1 N–H and O–H groups in total. The van der Waals surface area contributed by atoms with Crippen LogP contribution in [0.2, 0.25) is 0 Å². The minimum atomic E-state index is 0.0367. The van der Waals surface area contributed by atoms with E-state index in [9.17, 15) is 4.79 Å². The number of benzene rings is 1. The molecule has 1 heterocycles. The van der Waals surface area contributed by atoms with Gasteiger partial charge in [-0.1, -0.05) is 12.1 Å². The molecule has 0 aliphatic carbocycles. The number of carbonyl (C=O) groups is 1. The summed E-state index contributed by atoms with van der Waals surface area (Å²) in [5.74, 6) is 3.06. The average Bonchev–Trinajstić information content (AvgIpc) is 2.45. The molecule has 1 aromatic rings. The van der Waals surface area contributed by atoms with E-state index in [4.69, 9.17) is 0 Å². The lowest BCUT2D eigenvalue weighted by Gasteiger charge is -2.27. The molecule has 0 unspecified atom stereocenters. The van der Waals surface area contributed by atoms with Crippen LogP contribution >= 0.6 is 24.4 Å². The van der Waals surface area contributed by atoms with Crippen molar-refractivity contribution in [3.8, 4) is 0 Å². The lowest BCUT2D eigenvalue weighted by Crippen LogP contribution is -2.32. The van der Waals surface area contributed by atoms with Gasteiger partial charge < -0.3 is 5.32 Å². The molecule has 0 atom stereocenters. The van der Waals surface area contributed by atoms with E-state index in [1.807, 2.05) is 23.9 Å². The van der Waals surface area contributed by atoms with Crippen LogP contribution in [0.5, 0.6) is 0 Å². The first kappa shape index (κ1) is 15.7. The monoisotopic (exact) mass is 310 g/mol. The number of anilines is 1. The highest BCUT2D eigenvalue weighted by Gasteiger charge is 2.13. The smallest absolute Gasteiger partial charge is 0.225 e. The van der Waals surface area contributed by atoms with Gasteiger partial charge in [0.05, 0.1) is 0 Å². The predicted octanol–water partition coefficient (Wildman–Crippen LogP) is 2.80. The quantitative estimate of drug-likeness (QED) is 0.820. The fourth-order valence-corrected chi connectivity index (χ4v) is 3.49. The summed E-state index contributed by atoms with van der Waals surface area (Å²) < 4.78 is 0. The van der Waals surface area contributed by atoms with Gasteiger partial charge in [0.1, 0.15) is 0 Å². The fraction of sp³-hybridized carbons (Fsp3) is 0.533. The molecule has 1 aliphatic rings. The second-order valence-electron chi connectivity index (χ2n) is 5.00. The van der Waals surface area contributed by atoms with Crippen molar-refractivity contribution < 1.29 is 4.79 Å². The Morgan fingerprint density at radius 2 is 2.15 bits per heavy atom. The number of nitrogens with zero attached hydrogens (tertiary/aromatic N) is 1. The molecule has 0 aromatic heterocycles. The molecule has 0 radical (unpaired) electrons. The first-order valence-corrected chi connectivity index (χ1v) is 8.78. The van der Waals surface area contributed by atoms with Crippen LogP contribution in [0.25, 0.3) is 0 Å². The van der Waals surface area contributed by atoms with Crippen LogP contribution in [-0.4, -0.2) is 41.2 Å². The van der Waals surface area contributed by atoms with E-state index in [0.717, 1.165) is 25.3 Å². The van der Waals surface area contributed by atoms with Crippen LogP contribution in [0.3, 0.4) is 0 Å². The van der Waals surface area contributed by atoms with E-state index in [1.54, 1.807) is 0 Å². The zero-order valence-electron chi connectivity index (χ0n) is 11.9. The van der Waals surface area contributed by atoms with Gasteiger partial charge in [-0.3, -0.25) is 9.69 Å². The van der Waals surface area contributed by atoms with Crippen LogP contribution in [0.1, 0.15) is 17.5 Å². The Bertz CT molecular complexity index is 459. The molecule has 1 saturated heterocycles. The van der Waals surface area contributed by atoms with Crippen molar-refractivity contribution in [1.29, 1.82) is 0 Å². The summed E-state index contributed by atoms with van der Waals surface area (Å²) in [7, 11) is 0. The average molecular weight is 310 g/mol. The van der Waals surface area contributed by atoms with Crippen molar-refractivity contribution in [2.24, 2.45) is 0 Å². The maximum Gasteiger partial charge on any atom is 0.225 e. The largest absolute Gasteiger partial charge is 0.326 e. The normalized spacial score (nSPS) is 16.1. The van der Waals surface area contributed by atoms with Gasteiger partial charge in [-0.25, -0.2) is 0 Å². The van der Waals surface area contributed by atoms with E-state index in [-0.39, 0.29) is 5.91 Å². The van der Waals surface area contributed by atoms with Crippen molar-refractivity contribution in [2.75, 3.05) is 35.7 Å². The third-order valence-electron chi connectivity index (χ3n) is 3.56. The van der Waals surface area contributed by atoms with Crippen molar-refractivity contribution in [3.63, 3.8) is 0 Å². The van der Waals surface area contributed by atoms with Gasteiger partial charge in [0.2, 0.25) is 5.91 Å². The minimum Gasteiger partial charge on any atom is -0.326 e. The standard InChI is InChI=1S/C15H22N2OS2/c1-12-13(11-17-6-9-20-10-7-17)3-2-4-14(12)16-15(18)5-8-19/h2-4,19H,5-11H2,1H3,(H,16,18). The topological polar surface area (TPSA) is 32.3 Å². The second kappa shape index (κ2) is 7.96. The third-order valence-corrected chi connectivity index (χ3v) is 4.72. The molecule has 0 saturated carbocycles. The number of thiol groups is 1. The van der Waals surface area contributed by atoms with Crippen molar-refractivity contribution in [1.82, 2.24) is 4.90 Å². The maximum atomic E-state index is 11.7. The van der Waals surface area contributed by atoms with Gasteiger partial charge in [0.25, 0.3) is 0 Å². The number of nitrogens with one attached hydrogen (secondary N) is 1. The third kappa shape index (κ3) is 4.43. The number of carbonyl (C=O) groups excluding carboxylic acids is 1. The summed E-state index contributed by atoms with van der Waals surface area (Å²) >= 11 is 6.12. The summed E-state index contributed by atoms with van der Waals surface area (Å²) in [5.41, 5.74) is 3.42. The highest BCUT2D eigenvalue weighted by Crippen LogP contribution is 2.22. The van der Waals surface area contributed by atoms with Crippen LogP contribution in [0, 0.1) is 6.92 Å². The molecule has 0 spiro atoms. The maximum absolute atomic E-state index is 11.7. The van der Waals surface area contributed by atoms with Crippen LogP contribution in [-0.2, 0) is 11.3 Å². The van der Waals surface area contributed by atoms with Gasteiger partial charge in [-0.2, -0.15) is 24.4 Å². The Kier molecular flexibility index (Phi) is 6.26. The molecule has 2 rings (SSSR count). The van der Waals surface area contributed by atoms with Crippen LogP contribution in [0.4, 0.5) is 5.69 Å². The molecule has 1 amide bonds. The van der Waals surface area contributed by atoms with Gasteiger partial charge in [0.15, 0.2) is 0 Å². The van der Waals surface area contributed by atoms with E-state index in [0.29, 0.717) is 12.2 Å². The lowest BCUT2D eigenvalue weighted by molar-refractivity contribution is -0.115. The molecule has 1 aromatic carbocycles. The van der Waals surface area contributed by atoms with Gasteiger partial charge >= 0.3 is 0 Å². The van der Waals surface area contributed by atoms with Crippen molar-refractivity contribution in [2.45, 2.75) is 19.9 Å². The summed E-state index contributed by atoms with van der Waals surface area (Å²) in [4.78, 5) is 14.2. The first-order chi connectivity index (χ1) is 9.70. The Balaban J connectivity index is 2.04. The number of rotatable bonds is 5. The molecule has 0 bridgehead atoms. The zero-order chi connectivity index (χ0) is 14.4. The molecule has 1 fully saturated rings. The van der Waals surface area contributed by atoms with Crippen molar-refractivity contribution in [3.05, 3.63) is 29.3 Å². The summed E-state index contributed by atoms with van der Waals surface area (Å²) in [6.07, 6.45) is 0.454. The zero-order valence-corrected chi connectivity index (χ0v) is 13.6. The van der Waals surface area contributed by atoms with Crippen LogP contribution in [0.15, 0.2) is 18.2 Å². The number of hydrogen-bond donors (Lipinski definition) is 2. The van der Waals surface area contributed by atoms with E-state index >= 15 is 0 Å². The van der Waals surface area contributed by atoms with Gasteiger partial charge in [0, 0.05) is 43.2 Å². The van der Waals surface area contributed by atoms with E-state index < -0.39 is 0 Å². The van der Waals surface area contributed by atoms with Gasteiger partial charge in [-0.15, -0.1) is 0 Å². The summed E-state index contributed by atoms with van der Waals surface area (Å²) in [6.45, 7) is 5.37. The number of amides is 1. The van der Waals surface area contributed by atoms with Crippen LogP contribution < -0.4 is 5.32 Å². The molecular weight excluding hydrogens is 288 g/mol. The predicted molar refractivity (Wildman–Crippen MR) is 90.9 cm³/mol. The molecule has 20 heavy (non-hydrogen) atoms. The van der Waals surface area contributed by atoms with Gasteiger partial charge in [-0.05, 0) is 29.9 Å². The fourth-order valence-electron chi connectivity index (χ4n) is 2.30.